The summed E-state index contributed by atoms with van der Waals surface area (Å²) in [6, 6.07) is 9.97. The van der Waals surface area contributed by atoms with Gasteiger partial charge in [0.25, 0.3) is 11.8 Å². The molecule has 0 unspecified atom stereocenters. The Morgan fingerprint density at radius 3 is 2.77 bits per heavy atom. The largest absolute Gasteiger partial charge is 0.482 e. The summed E-state index contributed by atoms with van der Waals surface area (Å²) in [4.78, 5) is 28.4. The minimum absolute atomic E-state index is 0.0103. The maximum absolute atomic E-state index is 12.3. The van der Waals surface area contributed by atoms with Crippen LogP contribution in [0.2, 0.25) is 10.0 Å². The molecule has 0 saturated heterocycles. The van der Waals surface area contributed by atoms with Gasteiger partial charge in [-0.25, -0.2) is 0 Å². The van der Waals surface area contributed by atoms with Crippen LogP contribution in [0.25, 0.3) is 0 Å². The highest BCUT2D eigenvalue weighted by molar-refractivity contribution is 6.35. The molecule has 0 spiro atoms. The molecule has 0 radical (unpaired) electrons. The standard InChI is InChI=1S/C21H23Cl2N3O4/c1-25(2)8-3-9-26-17-11-15(5-7-19(17)30-13-21(26)28)24-20(27)12-29-18-6-4-14(22)10-16(18)23/h4-7,10-11H,3,8-9,12-13H2,1-2H3,(H,24,27). The minimum atomic E-state index is -0.358. The van der Waals surface area contributed by atoms with Crippen LogP contribution >= 0.6 is 23.2 Å². The summed E-state index contributed by atoms with van der Waals surface area (Å²) >= 11 is 11.9. The van der Waals surface area contributed by atoms with Gasteiger partial charge < -0.3 is 24.6 Å². The summed E-state index contributed by atoms with van der Waals surface area (Å²) in [7, 11) is 3.98. The lowest BCUT2D eigenvalue weighted by Crippen LogP contribution is -2.40. The summed E-state index contributed by atoms with van der Waals surface area (Å²) in [5.41, 5.74) is 1.19. The van der Waals surface area contributed by atoms with Gasteiger partial charge in [-0.1, -0.05) is 23.2 Å². The lowest BCUT2D eigenvalue weighted by Gasteiger charge is -2.30. The van der Waals surface area contributed by atoms with Crippen LogP contribution in [-0.2, 0) is 9.59 Å². The van der Waals surface area contributed by atoms with Gasteiger partial charge in [-0.05, 0) is 63.5 Å². The Labute approximate surface area is 185 Å². The third-order valence-electron chi connectivity index (χ3n) is 4.43. The van der Waals surface area contributed by atoms with Crippen LogP contribution in [0.3, 0.4) is 0 Å². The number of nitrogens with one attached hydrogen (secondary N) is 1. The Morgan fingerprint density at radius 1 is 1.23 bits per heavy atom. The molecule has 30 heavy (non-hydrogen) atoms. The second kappa shape index (κ2) is 10.0. The average molecular weight is 452 g/mol. The maximum Gasteiger partial charge on any atom is 0.265 e. The van der Waals surface area contributed by atoms with E-state index in [-0.39, 0.29) is 25.0 Å². The molecule has 3 rings (SSSR count). The van der Waals surface area contributed by atoms with Crippen molar-refractivity contribution in [3.8, 4) is 11.5 Å². The van der Waals surface area contributed by atoms with E-state index in [4.69, 9.17) is 32.7 Å². The predicted molar refractivity (Wildman–Crippen MR) is 118 cm³/mol. The number of anilines is 2. The molecule has 0 aliphatic carbocycles. The molecule has 9 heteroatoms. The number of hydrogen-bond donors (Lipinski definition) is 1. The van der Waals surface area contributed by atoms with Crippen LogP contribution < -0.4 is 19.7 Å². The Morgan fingerprint density at radius 2 is 2.03 bits per heavy atom. The first kappa shape index (κ1) is 22.2. The zero-order valence-electron chi connectivity index (χ0n) is 16.8. The lowest BCUT2D eigenvalue weighted by molar-refractivity contribution is -0.121. The summed E-state index contributed by atoms with van der Waals surface area (Å²) < 4.78 is 11.0. The van der Waals surface area contributed by atoms with E-state index in [0.717, 1.165) is 13.0 Å². The number of hydrogen-bond acceptors (Lipinski definition) is 5. The van der Waals surface area contributed by atoms with Crippen molar-refractivity contribution < 1.29 is 19.1 Å². The van der Waals surface area contributed by atoms with Gasteiger partial charge in [-0.3, -0.25) is 9.59 Å². The molecular formula is C21H23Cl2N3O4. The van der Waals surface area contributed by atoms with E-state index in [1.165, 1.54) is 0 Å². The molecule has 0 fully saturated rings. The fourth-order valence-electron chi connectivity index (χ4n) is 3.00. The first-order chi connectivity index (χ1) is 14.3. The number of fused-ring (bicyclic) bond motifs is 1. The van der Waals surface area contributed by atoms with Crippen molar-refractivity contribution in [3.63, 3.8) is 0 Å². The molecular weight excluding hydrogens is 429 g/mol. The number of rotatable bonds is 8. The van der Waals surface area contributed by atoms with Gasteiger partial charge in [0.15, 0.2) is 13.2 Å². The summed E-state index contributed by atoms with van der Waals surface area (Å²) in [6.07, 6.45) is 0.824. The first-order valence-corrected chi connectivity index (χ1v) is 10.2. The summed E-state index contributed by atoms with van der Waals surface area (Å²) in [6.45, 7) is 1.22. The first-order valence-electron chi connectivity index (χ1n) is 9.43. The number of benzene rings is 2. The van der Waals surface area contributed by atoms with Gasteiger partial charge >= 0.3 is 0 Å². The lowest BCUT2D eigenvalue weighted by atomic mass is 10.2. The molecule has 0 atom stereocenters. The second-order valence-electron chi connectivity index (χ2n) is 7.08. The van der Waals surface area contributed by atoms with E-state index in [1.807, 2.05) is 14.1 Å². The second-order valence-corrected chi connectivity index (χ2v) is 7.93. The molecule has 2 aromatic rings. The fraction of sp³-hybridized carbons (Fsp3) is 0.333. The van der Waals surface area contributed by atoms with Gasteiger partial charge in [0.1, 0.15) is 11.5 Å². The van der Waals surface area contributed by atoms with E-state index in [1.54, 1.807) is 41.3 Å². The van der Waals surface area contributed by atoms with E-state index >= 15 is 0 Å². The molecule has 1 aliphatic rings. The van der Waals surface area contributed by atoms with E-state index in [2.05, 4.69) is 10.2 Å². The van der Waals surface area contributed by atoms with Crippen molar-refractivity contribution in [1.29, 1.82) is 0 Å². The molecule has 1 heterocycles. The summed E-state index contributed by atoms with van der Waals surface area (Å²) in [5.74, 6) is 0.517. The smallest absolute Gasteiger partial charge is 0.265 e. The molecule has 0 saturated carbocycles. The van der Waals surface area contributed by atoms with Crippen molar-refractivity contribution in [2.75, 3.05) is 50.6 Å². The molecule has 160 valence electrons. The van der Waals surface area contributed by atoms with Gasteiger partial charge in [-0.15, -0.1) is 0 Å². The maximum atomic E-state index is 12.3. The van der Waals surface area contributed by atoms with Crippen molar-refractivity contribution >= 4 is 46.4 Å². The van der Waals surface area contributed by atoms with Crippen molar-refractivity contribution in [1.82, 2.24) is 4.90 Å². The highest BCUT2D eigenvalue weighted by atomic mass is 35.5. The van der Waals surface area contributed by atoms with Crippen molar-refractivity contribution in [3.05, 3.63) is 46.4 Å². The third kappa shape index (κ3) is 5.78. The fourth-order valence-corrected chi connectivity index (χ4v) is 3.47. The van der Waals surface area contributed by atoms with Gasteiger partial charge in [-0.2, -0.15) is 0 Å². The average Bonchev–Trinajstić information content (AvgIpc) is 2.69. The SMILES string of the molecule is CN(C)CCCN1C(=O)COc2ccc(NC(=O)COc3ccc(Cl)cc3Cl)cc21. The zero-order valence-corrected chi connectivity index (χ0v) is 18.3. The van der Waals surface area contributed by atoms with Crippen LogP contribution in [0.1, 0.15) is 6.42 Å². The molecule has 1 N–H and O–H groups in total. The topological polar surface area (TPSA) is 71.1 Å². The monoisotopic (exact) mass is 451 g/mol. The van der Waals surface area contributed by atoms with Gasteiger partial charge in [0.2, 0.25) is 0 Å². The summed E-state index contributed by atoms with van der Waals surface area (Å²) in [5, 5.41) is 3.58. The zero-order chi connectivity index (χ0) is 21.7. The van der Waals surface area contributed by atoms with Crippen LogP contribution in [0.15, 0.2) is 36.4 Å². The number of amides is 2. The molecule has 7 nitrogen and oxygen atoms in total. The molecule has 1 aliphatic heterocycles. The quantitative estimate of drug-likeness (QED) is 0.662. The van der Waals surface area contributed by atoms with Crippen LogP contribution in [0, 0.1) is 0 Å². The molecule has 0 aromatic heterocycles. The van der Waals surface area contributed by atoms with Gasteiger partial charge in [0.05, 0.1) is 10.7 Å². The Balaban J connectivity index is 1.64. The highest BCUT2D eigenvalue weighted by Crippen LogP contribution is 2.34. The third-order valence-corrected chi connectivity index (χ3v) is 4.96. The van der Waals surface area contributed by atoms with E-state index < -0.39 is 0 Å². The van der Waals surface area contributed by atoms with E-state index in [9.17, 15) is 9.59 Å². The van der Waals surface area contributed by atoms with Crippen molar-refractivity contribution in [2.45, 2.75) is 6.42 Å². The van der Waals surface area contributed by atoms with Gasteiger partial charge in [0, 0.05) is 17.3 Å². The normalized spacial score (nSPS) is 13.1. The molecule has 0 bridgehead atoms. The highest BCUT2D eigenvalue weighted by Gasteiger charge is 2.25. The van der Waals surface area contributed by atoms with E-state index in [0.29, 0.717) is 39.5 Å². The molecule has 2 aromatic carbocycles. The molecule has 2 amide bonds. The van der Waals surface area contributed by atoms with Crippen LogP contribution in [-0.4, -0.2) is 57.1 Å². The number of ether oxygens (including phenoxy) is 2. The predicted octanol–water partition coefficient (Wildman–Crippen LogP) is 3.69. The number of nitrogens with zero attached hydrogens (tertiary/aromatic N) is 2. The Bertz CT molecular complexity index is 936. The number of carbonyl (C=O) groups is 2. The number of carbonyl (C=O) groups excluding carboxylic acids is 2. The Hall–Kier alpha value is -2.48. The Kier molecular flexibility index (Phi) is 7.42. The number of halogens is 2. The minimum Gasteiger partial charge on any atom is -0.482 e. The van der Waals surface area contributed by atoms with Crippen LogP contribution in [0.5, 0.6) is 11.5 Å². The van der Waals surface area contributed by atoms with Crippen molar-refractivity contribution in [2.24, 2.45) is 0 Å². The van der Waals surface area contributed by atoms with Crippen LogP contribution in [0.4, 0.5) is 11.4 Å².